The topological polar surface area (TPSA) is 117 Å². The first kappa shape index (κ1) is 25.1. The van der Waals surface area contributed by atoms with Crippen LogP contribution < -0.4 is 0 Å². The number of hydrogen-bond donors (Lipinski definition) is 1. The molecule has 0 saturated carbocycles. The number of rotatable bonds is 3. The minimum atomic E-state index is -5.08. The average Bonchev–Trinajstić information content (AvgIpc) is 3.18. The first-order chi connectivity index (χ1) is 16.4. The molecule has 1 spiro atoms. The summed E-state index contributed by atoms with van der Waals surface area (Å²) in [4.78, 5) is 27.5. The fourth-order valence-corrected chi connectivity index (χ4v) is 7.00. The fraction of sp³-hybridized carbons (Fsp3) is 0.409. The number of halogens is 3. The van der Waals surface area contributed by atoms with Crippen LogP contribution in [0, 0.1) is 0 Å². The van der Waals surface area contributed by atoms with Crippen LogP contribution in [0.4, 0.5) is 13.2 Å². The number of pyridine rings is 1. The maximum atomic E-state index is 13.2. The molecule has 3 saturated heterocycles. The first-order valence-electron chi connectivity index (χ1n) is 10.6. The molecular formula is C22H22F3N3O6S. The van der Waals surface area contributed by atoms with Crippen LogP contribution in [0.15, 0.2) is 54.9 Å². The number of aromatic nitrogens is 1. The molecule has 2 aromatic rings. The molecule has 13 heteroatoms. The fourth-order valence-electron chi connectivity index (χ4n) is 4.70. The summed E-state index contributed by atoms with van der Waals surface area (Å²) in [5.41, 5.74) is 0.603. The zero-order valence-corrected chi connectivity index (χ0v) is 19.1. The second-order valence-electron chi connectivity index (χ2n) is 8.56. The van der Waals surface area contributed by atoms with Gasteiger partial charge in [0.15, 0.2) is 0 Å². The summed E-state index contributed by atoms with van der Waals surface area (Å²) in [6.07, 6.45) is -1.72. The molecule has 3 fully saturated rings. The summed E-state index contributed by atoms with van der Waals surface area (Å²) < 4.78 is 65.8. The zero-order chi connectivity index (χ0) is 25.4. The lowest BCUT2D eigenvalue weighted by Crippen LogP contribution is -2.56. The van der Waals surface area contributed by atoms with E-state index in [1.807, 2.05) is 30.3 Å². The van der Waals surface area contributed by atoms with Gasteiger partial charge in [0.1, 0.15) is 10.9 Å². The van der Waals surface area contributed by atoms with Crippen molar-refractivity contribution in [1.82, 2.24) is 14.2 Å². The molecule has 4 heterocycles. The smallest absolute Gasteiger partial charge is 0.475 e. The molecule has 2 bridgehead atoms. The van der Waals surface area contributed by atoms with Crippen molar-refractivity contribution in [3.05, 3.63) is 66.0 Å². The molecule has 5 rings (SSSR count). The number of ether oxygens (including phenoxy) is 1. The van der Waals surface area contributed by atoms with Crippen molar-refractivity contribution in [2.24, 2.45) is 0 Å². The molecule has 1 N–H and O–H groups in total. The van der Waals surface area contributed by atoms with Gasteiger partial charge in [-0.15, -0.1) is 0 Å². The van der Waals surface area contributed by atoms with Gasteiger partial charge in [0.05, 0.1) is 18.2 Å². The van der Waals surface area contributed by atoms with E-state index in [9.17, 15) is 26.4 Å². The van der Waals surface area contributed by atoms with Crippen LogP contribution in [-0.2, 0) is 26.1 Å². The van der Waals surface area contributed by atoms with Gasteiger partial charge < -0.3 is 14.7 Å². The molecule has 1 amide bonds. The highest BCUT2D eigenvalue weighted by Crippen LogP contribution is 2.47. The highest BCUT2D eigenvalue weighted by Gasteiger charge is 2.65. The Labute approximate surface area is 199 Å². The summed E-state index contributed by atoms with van der Waals surface area (Å²) >= 11 is 0. The molecule has 1 aromatic carbocycles. The Bertz CT molecular complexity index is 1200. The van der Waals surface area contributed by atoms with Crippen LogP contribution in [0.5, 0.6) is 0 Å². The van der Waals surface area contributed by atoms with Crippen LogP contribution in [0.3, 0.4) is 0 Å². The number of sulfonamides is 1. The van der Waals surface area contributed by atoms with Crippen molar-refractivity contribution >= 4 is 21.9 Å². The van der Waals surface area contributed by atoms with E-state index < -0.39 is 33.0 Å². The van der Waals surface area contributed by atoms with Crippen molar-refractivity contribution < 1.29 is 41.0 Å². The van der Waals surface area contributed by atoms with Crippen LogP contribution in [0.1, 0.15) is 22.3 Å². The molecular weight excluding hydrogens is 491 g/mol. The van der Waals surface area contributed by atoms with Gasteiger partial charge in [0, 0.05) is 32.0 Å². The number of carboxylic acids is 1. The maximum Gasteiger partial charge on any atom is 0.490 e. The molecule has 188 valence electrons. The number of nitrogens with zero attached hydrogens (tertiary/aromatic N) is 3. The van der Waals surface area contributed by atoms with Gasteiger partial charge in [-0.05, 0) is 24.1 Å². The Kier molecular flexibility index (Phi) is 6.60. The Morgan fingerprint density at radius 1 is 1.14 bits per heavy atom. The van der Waals surface area contributed by atoms with Crippen molar-refractivity contribution in [3.8, 4) is 0 Å². The molecule has 0 aliphatic carbocycles. The number of likely N-dealkylation sites (tertiary alicyclic amines) is 1. The summed E-state index contributed by atoms with van der Waals surface area (Å²) in [7, 11) is -3.48. The Balaban J connectivity index is 0.000000364. The SMILES string of the molecule is O=C(O)C(F)(F)F.O=C(c1cccnc1)N1C[C@H]2C[C@H]3[C@](C1)(CN(Cc1ccccc1)S3(=O)=O)O2. The van der Waals surface area contributed by atoms with Crippen molar-refractivity contribution in [2.45, 2.75) is 36.1 Å². The molecule has 0 radical (unpaired) electrons. The summed E-state index contributed by atoms with van der Waals surface area (Å²) in [6.45, 7) is 1.31. The third-order valence-corrected chi connectivity index (χ3v) is 8.47. The van der Waals surface area contributed by atoms with Gasteiger partial charge in [0.2, 0.25) is 10.0 Å². The Morgan fingerprint density at radius 2 is 1.83 bits per heavy atom. The van der Waals surface area contributed by atoms with E-state index in [-0.39, 0.29) is 25.1 Å². The third-order valence-electron chi connectivity index (χ3n) is 6.15. The van der Waals surface area contributed by atoms with Gasteiger partial charge in [0.25, 0.3) is 5.91 Å². The number of fused-ring (bicyclic) bond motifs is 1. The lowest BCUT2D eigenvalue weighted by atomic mass is 9.99. The number of carboxylic acid groups (broad SMARTS) is 1. The van der Waals surface area contributed by atoms with E-state index in [0.29, 0.717) is 25.1 Å². The quantitative estimate of drug-likeness (QED) is 0.667. The second-order valence-corrected chi connectivity index (χ2v) is 10.7. The van der Waals surface area contributed by atoms with E-state index in [0.717, 1.165) is 5.56 Å². The van der Waals surface area contributed by atoms with Gasteiger partial charge in [-0.1, -0.05) is 30.3 Å². The lowest BCUT2D eigenvalue weighted by Gasteiger charge is -2.39. The van der Waals surface area contributed by atoms with E-state index in [4.69, 9.17) is 14.6 Å². The lowest BCUT2D eigenvalue weighted by molar-refractivity contribution is -0.192. The largest absolute Gasteiger partial charge is 0.490 e. The average molecular weight is 513 g/mol. The predicted octanol–water partition coefficient (Wildman–Crippen LogP) is 1.91. The summed E-state index contributed by atoms with van der Waals surface area (Å²) in [5, 5.41) is 6.53. The second kappa shape index (κ2) is 9.21. The van der Waals surface area contributed by atoms with Crippen molar-refractivity contribution in [3.63, 3.8) is 0 Å². The number of hydrogen-bond acceptors (Lipinski definition) is 6. The van der Waals surface area contributed by atoms with Crippen molar-refractivity contribution in [1.29, 1.82) is 0 Å². The molecule has 3 aliphatic heterocycles. The van der Waals surface area contributed by atoms with Gasteiger partial charge in [-0.2, -0.15) is 17.5 Å². The van der Waals surface area contributed by atoms with E-state index >= 15 is 0 Å². The molecule has 3 aliphatic rings. The number of alkyl halides is 3. The zero-order valence-electron chi connectivity index (χ0n) is 18.3. The predicted molar refractivity (Wildman–Crippen MR) is 116 cm³/mol. The van der Waals surface area contributed by atoms with E-state index in [1.165, 1.54) is 4.31 Å². The maximum absolute atomic E-state index is 13.2. The molecule has 9 nitrogen and oxygen atoms in total. The molecule has 1 aromatic heterocycles. The van der Waals surface area contributed by atoms with E-state index in [2.05, 4.69) is 4.98 Å². The van der Waals surface area contributed by atoms with Crippen LogP contribution >= 0.6 is 0 Å². The summed E-state index contributed by atoms with van der Waals surface area (Å²) in [5.74, 6) is -2.88. The monoisotopic (exact) mass is 513 g/mol. The number of carbonyl (C=O) groups is 2. The number of amides is 1. The van der Waals surface area contributed by atoms with Crippen LogP contribution in [-0.4, -0.2) is 82.4 Å². The van der Waals surface area contributed by atoms with E-state index in [1.54, 1.807) is 29.4 Å². The molecule has 35 heavy (non-hydrogen) atoms. The number of carbonyl (C=O) groups excluding carboxylic acids is 1. The normalized spacial score (nSPS) is 27.0. The van der Waals surface area contributed by atoms with Crippen LogP contribution in [0.2, 0.25) is 0 Å². The van der Waals surface area contributed by atoms with Gasteiger partial charge in [-0.25, -0.2) is 13.2 Å². The van der Waals surface area contributed by atoms with Crippen LogP contribution in [0.25, 0.3) is 0 Å². The Hall–Kier alpha value is -3.03. The Morgan fingerprint density at radius 3 is 2.43 bits per heavy atom. The van der Waals surface area contributed by atoms with Gasteiger partial charge in [-0.3, -0.25) is 9.78 Å². The summed E-state index contributed by atoms with van der Waals surface area (Å²) in [6, 6.07) is 13.0. The van der Waals surface area contributed by atoms with Crippen molar-refractivity contribution in [2.75, 3.05) is 19.6 Å². The number of benzene rings is 1. The molecule has 0 unspecified atom stereocenters. The highest BCUT2D eigenvalue weighted by atomic mass is 32.2. The van der Waals surface area contributed by atoms with Gasteiger partial charge >= 0.3 is 12.1 Å². The standard InChI is InChI=1S/C20H21N3O4S.C2HF3O2/c24-19(16-7-4-8-21-10-16)22-12-17-9-18-20(13-22,27-17)14-23(28(18,25)26)11-15-5-2-1-3-6-15;3-2(4,5)1(6)7/h1-8,10,17-18H,9,11-14H2;(H,6,7)/t17-,18+,20+;/m1./s1. The third kappa shape index (κ3) is 5.02. The first-order valence-corrected chi connectivity index (χ1v) is 12.1. The molecule has 3 atom stereocenters. The minimum Gasteiger partial charge on any atom is -0.475 e. The highest BCUT2D eigenvalue weighted by molar-refractivity contribution is 7.90. The number of morpholine rings is 1. The number of aliphatic carboxylic acids is 1. The minimum absolute atomic E-state index is 0.125.